The molecule has 0 saturated carbocycles. The van der Waals surface area contributed by atoms with Gasteiger partial charge in [-0.15, -0.1) is 0 Å². The van der Waals surface area contributed by atoms with E-state index >= 15 is 0 Å². The lowest BCUT2D eigenvalue weighted by atomic mass is 10.2. The number of carbonyl (C=O) groups is 1. The summed E-state index contributed by atoms with van der Waals surface area (Å²) in [6, 6.07) is 11.3. The monoisotopic (exact) mass is 388 g/mol. The minimum absolute atomic E-state index is 0.0250. The Hall–Kier alpha value is -3.00. The van der Waals surface area contributed by atoms with Gasteiger partial charge in [0.1, 0.15) is 30.8 Å². The smallest absolute Gasteiger partial charge is 0.298 e. The number of carbonyl (C=O) groups excluding carboxylic acids is 1. The Kier molecular flexibility index (Phi) is 4.72. The fourth-order valence-corrected chi connectivity index (χ4v) is 3.67. The molecule has 27 heavy (non-hydrogen) atoms. The van der Waals surface area contributed by atoms with Crippen molar-refractivity contribution in [3.8, 4) is 0 Å². The number of ether oxygens (including phenoxy) is 2. The highest BCUT2D eigenvalue weighted by atomic mass is 32.1. The average Bonchev–Trinajstić information content (AvgIpc) is 3.11. The van der Waals surface area contributed by atoms with Crippen molar-refractivity contribution < 1.29 is 23.0 Å². The van der Waals surface area contributed by atoms with E-state index in [1.807, 2.05) is 30.3 Å². The number of halogens is 2. The molecule has 8 heteroatoms. The first-order valence-electron chi connectivity index (χ1n) is 8.18. The first-order valence-corrected chi connectivity index (χ1v) is 8.99. The second kappa shape index (κ2) is 7.32. The molecule has 2 aromatic carbocycles. The molecule has 1 aliphatic rings. The SMILES string of the molecule is O=C(C1=COCCO1)N(Cc1ccccc1)c1nc2c(F)cc(F)cc2s1. The van der Waals surface area contributed by atoms with Crippen LogP contribution < -0.4 is 4.90 Å². The Morgan fingerprint density at radius 1 is 1.19 bits per heavy atom. The summed E-state index contributed by atoms with van der Waals surface area (Å²) >= 11 is 1.04. The number of hydrogen-bond donors (Lipinski definition) is 0. The molecule has 2 heterocycles. The summed E-state index contributed by atoms with van der Waals surface area (Å²) < 4.78 is 38.4. The molecule has 1 aliphatic heterocycles. The number of aromatic nitrogens is 1. The van der Waals surface area contributed by atoms with Crippen molar-refractivity contribution in [2.75, 3.05) is 18.1 Å². The fourth-order valence-electron chi connectivity index (χ4n) is 2.67. The molecule has 0 unspecified atom stereocenters. The lowest BCUT2D eigenvalue weighted by Gasteiger charge is -2.23. The number of thiazole rings is 1. The molecule has 0 fully saturated rings. The van der Waals surface area contributed by atoms with E-state index in [2.05, 4.69) is 4.98 Å². The van der Waals surface area contributed by atoms with E-state index in [1.54, 1.807) is 0 Å². The van der Waals surface area contributed by atoms with E-state index in [9.17, 15) is 13.6 Å². The highest BCUT2D eigenvalue weighted by Gasteiger charge is 2.27. The first-order chi connectivity index (χ1) is 13.1. The number of nitrogens with zero attached hydrogens (tertiary/aromatic N) is 2. The summed E-state index contributed by atoms with van der Waals surface area (Å²) in [6.07, 6.45) is 1.26. The maximum Gasteiger partial charge on any atom is 0.298 e. The van der Waals surface area contributed by atoms with E-state index in [1.165, 1.54) is 17.2 Å². The van der Waals surface area contributed by atoms with E-state index in [4.69, 9.17) is 9.47 Å². The molecule has 0 N–H and O–H groups in total. The summed E-state index contributed by atoms with van der Waals surface area (Å²) in [5.74, 6) is -1.87. The zero-order valence-corrected chi connectivity index (χ0v) is 14.8. The molecule has 1 amide bonds. The van der Waals surface area contributed by atoms with Crippen molar-refractivity contribution in [2.45, 2.75) is 6.54 Å². The quantitative estimate of drug-likeness (QED) is 0.678. The second-order valence-corrected chi connectivity index (χ2v) is 6.82. The second-order valence-electron chi connectivity index (χ2n) is 5.81. The van der Waals surface area contributed by atoms with Gasteiger partial charge in [-0.25, -0.2) is 13.8 Å². The number of benzene rings is 2. The molecule has 0 aliphatic carbocycles. The first kappa shape index (κ1) is 17.4. The topological polar surface area (TPSA) is 51.7 Å². The summed E-state index contributed by atoms with van der Waals surface area (Å²) in [5, 5.41) is 0.249. The molecule has 1 aromatic heterocycles. The van der Waals surface area contributed by atoms with Gasteiger partial charge in [-0.2, -0.15) is 0 Å². The molecular weight excluding hydrogens is 374 g/mol. The van der Waals surface area contributed by atoms with Crippen LogP contribution in [-0.2, 0) is 20.8 Å². The third kappa shape index (κ3) is 3.61. The number of rotatable bonds is 4. The normalized spacial score (nSPS) is 13.6. The van der Waals surface area contributed by atoms with E-state index in [0.717, 1.165) is 23.0 Å². The minimum Gasteiger partial charge on any atom is -0.494 e. The van der Waals surface area contributed by atoms with Crippen LogP contribution in [0.5, 0.6) is 0 Å². The van der Waals surface area contributed by atoms with Crippen LogP contribution in [0.25, 0.3) is 10.2 Å². The van der Waals surface area contributed by atoms with Crippen LogP contribution >= 0.6 is 11.3 Å². The molecule has 3 aromatic rings. The van der Waals surface area contributed by atoms with Crippen molar-refractivity contribution >= 4 is 32.6 Å². The predicted molar refractivity (Wildman–Crippen MR) is 97.2 cm³/mol. The van der Waals surface area contributed by atoms with Gasteiger partial charge in [0.05, 0.1) is 11.2 Å². The van der Waals surface area contributed by atoms with Crippen molar-refractivity contribution in [3.63, 3.8) is 0 Å². The van der Waals surface area contributed by atoms with Crippen LogP contribution in [0.1, 0.15) is 5.56 Å². The van der Waals surface area contributed by atoms with Gasteiger partial charge in [0.25, 0.3) is 5.91 Å². The van der Waals surface area contributed by atoms with Crippen molar-refractivity contribution in [1.82, 2.24) is 4.98 Å². The Balaban J connectivity index is 1.76. The van der Waals surface area contributed by atoms with Crippen LogP contribution in [-0.4, -0.2) is 24.1 Å². The molecule has 0 radical (unpaired) electrons. The Bertz CT molecular complexity index is 1020. The van der Waals surface area contributed by atoms with Gasteiger partial charge in [0.2, 0.25) is 5.76 Å². The zero-order chi connectivity index (χ0) is 18.8. The van der Waals surface area contributed by atoms with Gasteiger partial charge in [0, 0.05) is 6.07 Å². The number of anilines is 1. The largest absolute Gasteiger partial charge is 0.494 e. The summed E-state index contributed by atoms with van der Waals surface area (Å²) in [7, 11) is 0. The van der Waals surface area contributed by atoms with Gasteiger partial charge in [-0.05, 0) is 11.6 Å². The van der Waals surface area contributed by atoms with Gasteiger partial charge in [-0.1, -0.05) is 41.7 Å². The van der Waals surface area contributed by atoms with Crippen LogP contribution in [0.3, 0.4) is 0 Å². The van der Waals surface area contributed by atoms with E-state index in [0.29, 0.717) is 11.3 Å². The van der Waals surface area contributed by atoms with Gasteiger partial charge in [0.15, 0.2) is 10.9 Å². The Morgan fingerprint density at radius 3 is 2.74 bits per heavy atom. The molecule has 5 nitrogen and oxygen atoms in total. The van der Waals surface area contributed by atoms with E-state index < -0.39 is 17.5 Å². The molecular formula is C19H14F2N2O3S. The molecule has 0 saturated heterocycles. The van der Waals surface area contributed by atoms with Crippen LogP contribution in [0.4, 0.5) is 13.9 Å². The fraction of sp³-hybridized carbons (Fsp3) is 0.158. The maximum atomic E-state index is 14.1. The van der Waals surface area contributed by atoms with Crippen molar-refractivity contribution in [1.29, 1.82) is 0 Å². The van der Waals surface area contributed by atoms with Gasteiger partial charge >= 0.3 is 0 Å². The summed E-state index contributed by atoms with van der Waals surface area (Å²) in [5.41, 5.74) is 0.881. The standard InChI is InChI=1S/C19H14F2N2O3S/c20-13-8-14(21)17-16(9-13)27-19(22-17)23(10-12-4-2-1-3-5-12)18(24)15-11-25-6-7-26-15/h1-5,8-9,11H,6-7,10H2. The number of fused-ring (bicyclic) bond motifs is 1. The summed E-state index contributed by atoms with van der Waals surface area (Å²) in [4.78, 5) is 18.6. The minimum atomic E-state index is -0.768. The van der Waals surface area contributed by atoms with E-state index in [-0.39, 0.29) is 29.6 Å². The highest BCUT2D eigenvalue weighted by molar-refractivity contribution is 7.22. The lowest BCUT2D eigenvalue weighted by molar-refractivity contribution is -0.119. The molecule has 4 rings (SSSR count). The number of hydrogen-bond acceptors (Lipinski definition) is 5. The number of amides is 1. The molecule has 0 spiro atoms. The van der Waals surface area contributed by atoms with Crippen LogP contribution in [0.2, 0.25) is 0 Å². The van der Waals surface area contributed by atoms with Crippen LogP contribution in [0.15, 0.2) is 54.5 Å². The Morgan fingerprint density at radius 2 is 2.00 bits per heavy atom. The van der Waals surface area contributed by atoms with Crippen molar-refractivity contribution in [3.05, 3.63) is 71.7 Å². The summed E-state index contributed by atoms with van der Waals surface area (Å²) in [6.45, 7) is 0.821. The van der Waals surface area contributed by atoms with Gasteiger partial charge < -0.3 is 9.47 Å². The zero-order valence-electron chi connectivity index (χ0n) is 14.0. The highest BCUT2D eigenvalue weighted by Crippen LogP contribution is 2.33. The molecule has 0 atom stereocenters. The van der Waals surface area contributed by atoms with Crippen LogP contribution in [0, 0.1) is 11.6 Å². The third-order valence-corrected chi connectivity index (χ3v) is 4.95. The maximum absolute atomic E-state index is 14.1. The van der Waals surface area contributed by atoms with Crippen molar-refractivity contribution in [2.24, 2.45) is 0 Å². The lowest BCUT2D eigenvalue weighted by Crippen LogP contribution is -2.33. The predicted octanol–water partition coefficient (Wildman–Crippen LogP) is 4.00. The molecule has 138 valence electrons. The van der Waals surface area contributed by atoms with Gasteiger partial charge in [-0.3, -0.25) is 9.69 Å². The Labute approximate surface area is 157 Å². The average molecular weight is 388 g/mol. The third-order valence-electron chi connectivity index (χ3n) is 3.92. The molecule has 0 bridgehead atoms.